The fourth-order valence-corrected chi connectivity index (χ4v) is 4.21. The highest BCUT2D eigenvalue weighted by molar-refractivity contribution is 7.99. The molecule has 1 aromatic carbocycles. The molecule has 1 saturated carbocycles. The first-order chi connectivity index (χ1) is 10.7. The third-order valence-electron chi connectivity index (χ3n) is 4.68. The summed E-state index contributed by atoms with van der Waals surface area (Å²) in [7, 11) is 1.70. The van der Waals surface area contributed by atoms with Crippen LogP contribution in [-0.2, 0) is 5.41 Å². The van der Waals surface area contributed by atoms with Gasteiger partial charge in [0.15, 0.2) is 0 Å². The predicted molar refractivity (Wildman–Crippen MR) is 90.8 cm³/mol. The van der Waals surface area contributed by atoms with Crippen molar-refractivity contribution >= 4 is 17.8 Å². The minimum atomic E-state index is -0.0296. The number of urea groups is 1. The molecule has 22 heavy (non-hydrogen) atoms. The Balaban J connectivity index is 1.55. The van der Waals surface area contributed by atoms with E-state index in [-0.39, 0.29) is 11.4 Å². The van der Waals surface area contributed by atoms with E-state index < -0.39 is 0 Å². The number of carbonyl (C=O) groups excluding carboxylic acids is 1. The number of para-hydroxylation sites is 1. The number of methoxy groups -OCH3 is 1. The molecular formula is C17H24N2O2S. The Kier molecular flexibility index (Phi) is 4.81. The summed E-state index contributed by atoms with van der Waals surface area (Å²) in [6, 6.07) is 8.44. The van der Waals surface area contributed by atoms with Crippen LogP contribution in [0.2, 0.25) is 0 Å². The van der Waals surface area contributed by atoms with Crippen molar-refractivity contribution in [1.29, 1.82) is 0 Å². The molecule has 2 fully saturated rings. The molecule has 2 aliphatic rings. The van der Waals surface area contributed by atoms with Gasteiger partial charge >= 0.3 is 6.03 Å². The number of ether oxygens (including phenoxy) is 1. The quantitative estimate of drug-likeness (QED) is 0.877. The number of rotatable bonds is 5. The van der Waals surface area contributed by atoms with Gasteiger partial charge in [0.2, 0.25) is 0 Å². The minimum Gasteiger partial charge on any atom is -0.496 e. The number of hydrogen-bond acceptors (Lipinski definition) is 3. The van der Waals surface area contributed by atoms with Crippen LogP contribution in [0.5, 0.6) is 5.75 Å². The zero-order valence-corrected chi connectivity index (χ0v) is 13.9. The van der Waals surface area contributed by atoms with Gasteiger partial charge in [0, 0.05) is 23.6 Å². The van der Waals surface area contributed by atoms with E-state index in [9.17, 15) is 4.79 Å². The number of benzene rings is 1. The molecule has 2 N–H and O–H groups in total. The van der Waals surface area contributed by atoms with E-state index in [4.69, 9.17) is 4.74 Å². The molecular weight excluding hydrogens is 296 g/mol. The average Bonchev–Trinajstić information content (AvgIpc) is 3.35. The molecule has 0 radical (unpaired) electrons. The van der Waals surface area contributed by atoms with Gasteiger partial charge in [-0.3, -0.25) is 0 Å². The highest BCUT2D eigenvalue weighted by Gasteiger charge is 2.46. The first-order valence-corrected chi connectivity index (χ1v) is 9.15. The topological polar surface area (TPSA) is 50.4 Å². The Morgan fingerprint density at radius 1 is 1.32 bits per heavy atom. The summed E-state index contributed by atoms with van der Waals surface area (Å²) in [6.07, 6.45) is 4.37. The summed E-state index contributed by atoms with van der Waals surface area (Å²) in [5.74, 6) is 3.22. The SMILES string of the molecule is COc1ccccc1C1(CNC(=O)NC2CCSCC2)CC1. The van der Waals surface area contributed by atoms with Crippen molar-refractivity contribution in [3.05, 3.63) is 29.8 Å². The standard InChI is InChI=1S/C17H24N2O2S/c1-21-15-5-3-2-4-14(15)17(8-9-17)12-18-16(20)19-13-6-10-22-11-7-13/h2-5,13H,6-12H2,1H3,(H2,18,19,20). The molecule has 1 aromatic rings. The number of amides is 2. The number of nitrogens with one attached hydrogen (secondary N) is 2. The lowest BCUT2D eigenvalue weighted by atomic mass is 9.95. The molecule has 1 aliphatic carbocycles. The smallest absolute Gasteiger partial charge is 0.315 e. The largest absolute Gasteiger partial charge is 0.496 e. The maximum Gasteiger partial charge on any atom is 0.315 e. The molecule has 0 unspecified atom stereocenters. The summed E-state index contributed by atoms with van der Waals surface area (Å²) in [5.41, 5.74) is 1.28. The number of thioether (sulfide) groups is 1. The van der Waals surface area contributed by atoms with Gasteiger partial charge in [0.25, 0.3) is 0 Å². The highest BCUT2D eigenvalue weighted by Crippen LogP contribution is 2.50. The van der Waals surface area contributed by atoms with Crippen LogP contribution < -0.4 is 15.4 Å². The van der Waals surface area contributed by atoms with Crippen molar-refractivity contribution in [2.75, 3.05) is 25.2 Å². The predicted octanol–water partition coefficient (Wildman–Crippen LogP) is 2.92. The van der Waals surface area contributed by atoms with E-state index in [0.29, 0.717) is 12.6 Å². The summed E-state index contributed by atoms with van der Waals surface area (Å²) in [4.78, 5) is 12.1. The number of carbonyl (C=O) groups is 1. The summed E-state index contributed by atoms with van der Waals surface area (Å²) >= 11 is 1.97. The second-order valence-electron chi connectivity index (χ2n) is 6.19. The summed E-state index contributed by atoms with van der Waals surface area (Å²) < 4.78 is 5.47. The molecule has 0 aromatic heterocycles. The second-order valence-corrected chi connectivity index (χ2v) is 7.42. The van der Waals surface area contributed by atoms with Gasteiger partial charge in [-0.25, -0.2) is 4.79 Å². The zero-order valence-electron chi connectivity index (χ0n) is 13.1. The lowest BCUT2D eigenvalue weighted by molar-refractivity contribution is 0.235. The van der Waals surface area contributed by atoms with Crippen LogP contribution in [0, 0.1) is 0 Å². The average molecular weight is 320 g/mol. The van der Waals surface area contributed by atoms with Crippen molar-refractivity contribution in [2.24, 2.45) is 0 Å². The van der Waals surface area contributed by atoms with E-state index in [1.54, 1.807) is 7.11 Å². The summed E-state index contributed by atoms with van der Waals surface area (Å²) in [5, 5.41) is 6.17. The molecule has 4 nitrogen and oxygen atoms in total. The van der Waals surface area contributed by atoms with E-state index in [2.05, 4.69) is 16.7 Å². The Bertz CT molecular complexity index is 525. The maximum atomic E-state index is 12.1. The van der Waals surface area contributed by atoms with E-state index >= 15 is 0 Å². The van der Waals surface area contributed by atoms with Crippen LogP contribution in [0.1, 0.15) is 31.2 Å². The second kappa shape index (κ2) is 6.82. The van der Waals surface area contributed by atoms with Crippen molar-refractivity contribution in [3.8, 4) is 5.75 Å². The van der Waals surface area contributed by atoms with E-state index in [1.807, 2.05) is 30.0 Å². The summed E-state index contributed by atoms with van der Waals surface area (Å²) in [6.45, 7) is 0.681. The monoisotopic (exact) mass is 320 g/mol. The van der Waals surface area contributed by atoms with Crippen LogP contribution in [0.15, 0.2) is 24.3 Å². The zero-order chi connectivity index (χ0) is 15.4. The molecule has 1 saturated heterocycles. The van der Waals surface area contributed by atoms with Crippen LogP contribution in [-0.4, -0.2) is 37.2 Å². The van der Waals surface area contributed by atoms with Gasteiger partial charge in [-0.15, -0.1) is 0 Å². The molecule has 0 spiro atoms. The maximum absolute atomic E-state index is 12.1. The van der Waals surface area contributed by atoms with Gasteiger partial charge in [0.1, 0.15) is 5.75 Å². The van der Waals surface area contributed by atoms with Crippen molar-refractivity contribution in [3.63, 3.8) is 0 Å². The molecule has 2 amide bonds. The van der Waals surface area contributed by atoms with Crippen LogP contribution in [0.4, 0.5) is 4.79 Å². The lowest BCUT2D eigenvalue weighted by Gasteiger charge is -2.24. The third kappa shape index (κ3) is 3.51. The fourth-order valence-electron chi connectivity index (χ4n) is 3.10. The Hall–Kier alpha value is -1.36. The molecule has 1 aliphatic heterocycles. The Morgan fingerprint density at radius 3 is 2.73 bits per heavy atom. The third-order valence-corrected chi connectivity index (χ3v) is 5.72. The van der Waals surface area contributed by atoms with Crippen LogP contribution >= 0.6 is 11.8 Å². The van der Waals surface area contributed by atoms with Gasteiger partial charge in [-0.05, 0) is 43.3 Å². The van der Waals surface area contributed by atoms with Crippen LogP contribution in [0.25, 0.3) is 0 Å². The molecule has 120 valence electrons. The van der Waals surface area contributed by atoms with Crippen molar-refractivity contribution in [2.45, 2.75) is 37.1 Å². The molecule has 5 heteroatoms. The van der Waals surface area contributed by atoms with Crippen molar-refractivity contribution in [1.82, 2.24) is 10.6 Å². The normalized spacial score (nSPS) is 20.2. The molecule has 3 rings (SSSR count). The van der Waals surface area contributed by atoms with Crippen molar-refractivity contribution < 1.29 is 9.53 Å². The Morgan fingerprint density at radius 2 is 2.05 bits per heavy atom. The minimum absolute atomic E-state index is 0.0296. The van der Waals surface area contributed by atoms with Gasteiger partial charge < -0.3 is 15.4 Å². The Labute approximate surface area is 136 Å². The first kappa shape index (κ1) is 15.5. The van der Waals surface area contributed by atoms with Crippen LogP contribution in [0.3, 0.4) is 0 Å². The van der Waals surface area contributed by atoms with Gasteiger partial charge in [0.05, 0.1) is 7.11 Å². The van der Waals surface area contributed by atoms with Gasteiger partial charge in [-0.1, -0.05) is 18.2 Å². The van der Waals surface area contributed by atoms with E-state index in [1.165, 1.54) is 5.56 Å². The number of hydrogen-bond donors (Lipinski definition) is 2. The molecule has 0 atom stereocenters. The lowest BCUT2D eigenvalue weighted by Crippen LogP contribution is -2.45. The highest BCUT2D eigenvalue weighted by atomic mass is 32.2. The fraction of sp³-hybridized carbons (Fsp3) is 0.588. The van der Waals surface area contributed by atoms with E-state index in [0.717, 1.165) is 42.9 Å². The first-order valence-electron chi connectivity index (χ1n) is 7.99. The van der Waals surface area contributed by atoms with Gasteiger partial charge in [-0.2, -0.15) is 11.8 Å². The molecule has 0 bridgehead atoms. The molecule has 1 heterocycles.